The molecule has 1 aliphatic carbocycles. The van der Waals surface area contributed by atoms with Gasteiger partial charge in [-0.25, -0.2) is 4.98 Å². The second-order valence-corrected chi connectivity index (χ2v) is 6.52. The van der Waals surface area contributed by atoms with Gasteiger partial charge in [0.2, 0.25) is 6.79 Å². The quantitative estimate of drug-likeness (QED) is 0.610. The third-order valence-electron chi connectivity index (χ3n) is 4.36. The van der Waals surface area contributed by atoms with Gasteiger partial charge in [-0.05, 0) is 51.7 Å². The van der Waals surface area contributed by atoms with Gasteiger partial charge in [0.05, 0.1) is 11.2 Å². The number of benzene rings is 2. The van der Waals surface area contributed by atoms with E-state index in [0.29, 0.717) is 0 Å². The maximum Gasteiger partial charge on any atom is 0.231 e. The van der Waals surface area contributed by atoms with E-state index in [0.717, 1.165) is 39.2 Å². The molecule has 23 heavy (non-hydrogen) atoms. The second kappa shape index (κ2) is 4.83. The molecule has 2 aliphatic rings. The number of rotatable bonds is 1. The van der Waals surface area contributed by atoms with E-state index >= 15 is 0 Å². The van der Waals surface area contributed by atoms with Crippen molar-refractivity contribution in [2.45, 2.75) is 6.42 Å². The van der Waals surface area contributed by atoms with Crippen molar-refractivity contribution < 1.29 is 9.47 Å². The van der Waals surface area contributed by atoms with Crippen LogP contribution in [0.15, 0.2) is 46.9 Å². The number of allylic oxidation sites excluding steroid dienone is 1. The maximum atomic E-state index is 5.54. The number of hydrogen-bond acceptors (Lipinski definition) is 3. The molecule has 0 atom stereocenters. The fourth-order valence-electron chi connectivity index (χ4n) is 3.29. The van der Waals surface area contributed by atoms with Crippen molar-refractivity contribution in [1.82, 2.24) is 4.98 Å². The first-order valence-corrected chi connectivity index (χ1v) is 8.28. The van der Waals surface area contributed by atoms with Crippen LogP contribution in [0.3, 0.4) is 0 Å². The van der Waals surface area contributed by atoms with E-state index in [1.54, 1.807) is 0 Å². The van der Waals surface area contributed by atoms with Crippen LogP contribution in [0.25, 0.3) is 28.2 Å². The Hall–Kier alpha value is -2.33. The van der Waals surface area contributed by atoms with Gasteiger partial charge in [-0.3, -0.25) is 0 Å². The molecule has 0 radical (unpaired) electrons. The normalized spacial score (nSPS) is 14.5. The molecule has 4 heteroatoms. The molecular weight excluding hydrogens is 354 g/mol. The van der Waals surface area contributed by atoms with Gasteiger partial charge in [0.1, 0.15) is 0 Å². The van der Waals surface area contributed by atoms with Crippen molar-refractivity contribution in [3.8, 4) is 22.8 Å². The molecule has 2 heterocycles. The molecule has 0 amide bonds. The van der Waals surface area contributed by atoms with E-state index in [2.05, 4.69) is 46.3 Å². The van der Waals surface area contributed by atoms with Crippen LogP contribution in [0.5, 0.6) is 11.5 Å². The Bertz CT molecular complexity index is 994. The van der Waals surface area contributed by atoms with Crippen LogP contribution < -0.4 is 9.47 Å². The highest BCUT2D eigenvalue weighted by molar-refractivity contribution is 9.10. The molecule has 3 nitrogen and oxygen atoms in total. The molecule has 0 saturated heterocycles. The van der Waals surface area contributed by atoms with E-state index in [1.165, 1.54) is 16.5 Å². The Kier molecular flexibility index (Phi) is 2.76. The van der Waals surface area contributed by atoms with Crippen LogP contribution in [-0.4, -0.2) is 11.8 Å². The molecule has 1 aliphatic heterocycles. The average molecular weight is 366 g/mol. The first-order valence-electron chi connectivity index (χ1n) is 7.49. The van der Waals surface area contributed by atoms with Gasteiger partial charge in [-0.15, -0.1) is 0 Å². The Morgan fingerprint density at radius 3 is 2.78 bits per heavy atom. The summed E-state index contributed by atoms with van der Waals surface area (Å²) in [5, 5.41) is 1.21. The number of pyridine rings is 1. The van der Waals surface area contributed by atoms with Crippen LogP contribution in [0.4, 0.5) is 0 Å². The number of fused-ring (bicyclic) bond motifs is 4. The van der Waals surface area contributed by atoms with E-state index in [1.807, 2.05) is 18.2 Å². The van der Waals surface area contributed by atoms with Gasteiger partial charge in [-0.2, -0.15) is 0 Å². The molecule has 0 spiro atoms. The van der Waals surface area contributed by atoms with Crippen molar-refractivity contribution in [2.24, 2.45) is 0 Å². The summed E-state index contributed by atoms with van der Waals surface area (Å²) in [6, 6.07) is 12.3. The number of ether oxygens (including phenoxy) is 2. The summed E-state index contributed by atoms with van der Waals surface area (Å²) < 4.78 is 12.0. The fourth-order valence-corrected chi connectivity index (χ4v) is 3.80. The van der Waals surface area contributed by atoms with Crippen molar-refractivity contribution in [3.63, 3.8) is 0 Å². The standard InChI is InChI=1S/C19H12BrNO2/c20-15-9-18-17(22-10-23-18)8-14(15)19-13-6-3-5-11(13)12-4-1-2-7-16(12)21-19/h1-5,7-9H,6,10H2. The molecule has 112 valence electrons. The Labute approximate surface area is 141 Å². The zero-order valence-corrected chi connectivity index (χ0v) is 13.8. The molecule has 5 rings (SSSR count). The van der Waals surface area contributed by atoms with Gasteiger partial charge in [-0.1, -0.05) is 30.4 Å². The van der Waals surface area contributed by atoms with Crippen LogP contribution in [0.1, 0.15) is 11.1 Å². The van der Waals surface area contributed by atoms with Crippen molar-refractivity contribution in [1.29, 1.82) is 0 Å². The summed E-state index contributed by atoms with van der Waals surface area (Å²) in [6.07, 6.45) is 5.30. The van der Waals surface area contributed by atoms with Crippen molar-refractivity contribution >= 4 is 32.9 Å². The third kappa shape index (κ3) is 1.91. The Balaban J connectivity index is 1.82. The number of aromatic nitrogens is 1. The minimum absolute atomic E-state index is 0.274. The van der Waals surface area contributed by atoms with Crippen LogP contribution in [0.2, 0.25) is 0 Å². The van der Waals surface area contributed by atoms with Crippen molar-refractivity contribution in [2.75, 3.05) is 6.79 Å². The van der Waals surface area contributed by atoms with E-state index in [4.69, 9.17) is 14.5 Å². The lowest BCUT2D eigenvalue weighted by Gasteiger charge is -2.13. The SMILES string of the molecule is Brc1cc2c(cc1-c1nc3ccccc3c3c1CC=C3)OCO2. The lowest BCUT2D eigenvalue weighted by molar-refractivity contribution is 0.174. The lowest BCUT2D eigenvalue weighted by Crippen LogP contribution is -1.96. The largest absolute Gasteiger partial charge is 0.454 e. The summed E-state index contributed by atoms with van der Waals surface area (Å²) in [4.78, 5) is 4.94. The molecule has 2 aromatic carbocycles. The van der Waals surface area contributed by atoms with E-state index < -0.39 is 0 Å². The highest BCUT2D eigenvalue weighted by Crippen LogP contribution is 2.43. The monoisotopic (exact) mass is 365 g/mol. The minimum Gasteiger partial charge on any atom is -0.454 e. The zero-order chi connectivity index (χ0) is 15.4. The minimum atomic E-state index is 0.274. The van der Waals surface area contributed by atoms with Gasteiger partial charge in [0, 0.05) is 15.4 Å². The predicted octanol–water partition coefficient (Wildman–Crippen LogP) is 4.96. The number of halogens is 1. The third-order valence-corrected chi connectivity index (χ3v) is 5.02. The maximum absolute atomic E-state index is 5.54. The van der Waals surface area contributed by atoms with Gasteiger partial charge >= 0.3 is 0 Å². The number of nitrogens with zero attached hydrogens (tertiary/aromatic N) is 1. The topological polar surface area (TPSA) is 31.4 Å². The lowest BCUT2D eigenvalue weighted by atomic mass is 9.98. The molecule has 0 N–H and O–H groups in total. The fraction of sp³-hybridized carbons (Fsp3) is 0.105. The highest BCUT2D eigenvalue weighted by Gasteiger charge is 2.22. The molecule has 3 aromatic rings. The zero-order valence-electron chi connectivity index (χ0n) is 12.2. The van der Waals surface area contributed by atoms with E-state index in [9.17, 15) is 0 Å². The molecule has 1 aromatic heterocycles. The smallest absolute Gasteiger partial charge is 0.231 e. The summed E-state index contributed by atoms with van der Waals surface area (Å²) >= 11 is 3.66. The van der Waals surface area contributed by atoms with E-state index in [-0.39, 0.29) is 6.79 Å². The summed E-state index contributed by atoms with van der Waals surface area (Å²) in [7, 11) is 0. The van der Waals surface area contributed by atoms with Gasteiger partial charge in [0.25, 0.3) is 0 Å². The molecule has 0 unspecified atom stereocenters. The Morgan fingerprint density at radius 2 is 1.87 bits per heavy atom. The molecular formula is C19H12BrNO2. The summed E-state index contributed by atoms with van der Waals surface area (Å²) in [6.45, 7) is 0.274. The van der Waals surface area contributed by atoms with Crippen LogP contribution in [0, 0.1) is 0 Å². The molecule has 0 saturated carbocycles. The van der Waals surface area contributed by atoms with Gasteiger partial charge in [0.15, 0.2) is 11.5 Å². The predicted molar refractivity (Wildman–Crippen MR) is 93.7 cm³/mol. The van der Waals surface area contributed by atoms with Crippen LogP contribution in [-0.2, 0) is 6.42 Å². The summed E-state index contributed by atoms with van der Waals surface area (Å²) in [5.74, 6) is 1.55. The van der Waals surface area contributed by atoms with Gasteiger partial charge < -0.3 is 9.47 Å². The molecule has 0 fully saturated rings. The molecule has 0 bridgehead atoms. The number of hydrogen-bond donors (Lipinski definition) is 0. The highest BCUT2D eigenvalue weighted by atomic mass is 79.9. The average Bonchev–Trinajstić information content (AvgIpc) is 3.22. The second-order valence-electron chi connectivity index (χ2n) is 5.66. The summed E-state index contributed by atoms with van der Waals surface area (Å²) in [5.41, 5.74) is 5.60. The first-order chi connectivity index (χ1) is 11.3. The number of para-hydroxylation sites is 1. The van der Waals surface area contributed by atoms with Crippen molar-refractivity contribution in [3.05, 3.63) is 58.1 Å². The first kappa shape index (κ1) is 13.1. The Morgan fingerprint density at radius 1 is 1.04 bits per heavy atom. The van der Waals surface area contributed by atoms with Crippen LogP contribution >= 0.6 is 15.9 Å².